The Kier molecular flexibility index (Phi) is 6.86. The lowest BCUT2D eigenvalue weighted by Gasteiger charge is -2.32. The van der Waals surface area contributed by atoms with Gasteiger partial charge in [-0.15, -0.1) is 0 Å². The number of amides is 2. The Balaban J connectivity index is 1.63. The van der Waals surface area contributed by atoms with Crippen LogP contribution in [-0.4, -0.2) is 40.0 Å². The highest BCUT2D eigenvalue weighted by molar-refractivity contribution is 5.92. The summed E-state index contributed by atoms with van der Waals surface area (Å²) in [6.45, 7) is 1.29. The Morgan fingerprint density at radius 1 is 1.10 bits per heavy atom. The van der Waals surface area contributed by atoms with E-state index in [2.05, 4.69) is 4.98 Å². The first-order valence-electron chi connectivity index (χ1n) is 9.37. The van der Waals surface area contributed by atoms with E-state index < -0.39 is 5.91 Å². The molecule has 1 saturated heterocycles. The van der Waals surface area contributed by atoms with Crippen LogP contribution in [0.25, 0.3) is 12.2 Å². The fourth-order valence-electron chi connectivity index (χ4n) is 3.30. The summed E-state index contributed by atoms with van der Waals surface area (Å²) in [4.78, 5) is 29.8. The van der Waals surface area contributed by atoms with E-state index in [1.54, 1.807) is 41.3 Å². The number of likely N-dealkylation sites (tertiary alicyclic amines) is 1. The molecule has 1 aromatic carbocycles. The van der Waals surface area contributed by atoms with Gasteiger partial charge in [-0.1, -0.05) is 18.2 Å². The van der Waals surface area contributed by atoms with Gasteiger partial charge in [-0.3, -0.25) is 14.8 Å². The minimum absolute atomic E-state index is 0.0979. The van der Waals surface area contributed by atoms with E-state index in [4.69, 9.17) is 5.21 Å². The number of carbonyl (C=O) groups is 2. The lowest BCUT2D eigenvalue weighted by atomic mass is 9.90. The van der Waals surface area contributed by atoms with Gasteiger partial charge >= 0.3 is 0 Å². The molecule has 0 spiro atoms. The molecule has 1 aromatic heterocycles. The molecule has 3 rings (SSSR count). The van der Waals surface area contributed by atoms with Crippen molar-refractivity contribution >= 4 is 24.0 Å². The Hall–Kier alpha value is -3.32. The van der Waals surface area contributed by atoms with Gasteiger partial charge in [0.2, 0.25) is 5.91 Å². The molecule has 0 saturated carbocycles. The molecule has 0 radical (unpaired) electrons. The third-order valence-electron chi connectivity index (χ3n) is 4.78. The van der Waals surface area contributed by atoms with Crippen molar-refractivity contribution in [2.75, 3.05) is 13.1 Å². The molecule has 150 valence electrons. The first kappa shape index (κ1) is 20.4. The fraction of sp³-hybridized carbons (Fsp3) is 0.227. The zero-order valence-electron chi connectivity index (χ0n) is 15.8. The van der Waals surface area contributed by atoms with Crippen LogP contribution in [0.3, 0.4) is 0 Å². The van der Waals surface area contributed by atoms with Crippen LogP contribution < -0.4 is 5.48 Å². The fourth-order valence-corrected chi connectivity index (χ4v) is 3.30. The van der Waals surface area contributed by atoms with E-state index in [-0.39, 0.29) is 17.6 Å². The predicted molar refractivity (Wildman–Crippen MR) is 107 cm³/mol. The number of halogens is 1. The average molecular weight is 395 g/mol. The molecule has 2 amide bonds. The molecule has 1 aliphatic heterocycles. The maximum absolute atomic E-state index is 13.1. The van der Waals surface area contributed by atoms with Gasteiger partial charge in [0, 0.05) is 31.2 Å². The average Bonchev–Trinajstić information content (AvgIpc) is 2.76. The smallest absolute Gasteiger partial charge is 0.267 e. The molecule has 29 heavy (non-hydrogen) atoms. The molecule has 0 bridgehead atoms. The Bertz CT molecular complexity index is 925. The number of carbonyl (C=O) groups excluding carboxylic acids is 2. The van der Waals surface area contributed by atoms with E-state index in [1.807, 2.05) is 0 Å². The molecule has 1 unspecified atom stereocenters. The van der Waals surface area contributed by atoms with Gasteiger partial charge in [-0.05, 0) is 54.8 Å². The van der Waals surface area contributed by atoms with Gasteiger partial charge < -0.3 is 4.90 Å². The van der Waals surface area contributed by atoms with E-state index in [0.29, 0.717) is 24.5 Å². The van der Waals surface area contributed by atoms with Crippen molar-refractivity contribution in [3.8, 4) is 0 Å². The second-order valence-electron chi connectivity index (χ2n) is 6.80. The van der Waals surface area contributed by atoms with Gasteiger partial charge in [0.25, 0.3) is 5.91 Å². The number of rotatable bonds is 5. The second-order valence-corrected chi connectivity index (χ2v) is 6.80. The van der Waals surface area contributed by atoms with Crippen molar-refractivity contribution in [1.29, 1.82) is 0 Å². The summed E-state index contributed by atoms with van der Waals surface area (Å²) in [7, 11) is 0. The van der Waals surface area contributed by atoms with Gasteiger partial charge in [-0.25, -0.2) is 14.9 Å². The van der Waals surface area contributed by atoms with Crippen LogP contribution >= 0.6 is 0 Å². The molecule has 1 aliphatic rings. The second kappa shape index (κ2) is 9.75. The summed E-state index contributed by atoms with van der Waals surface area (Å²) in [5, 5.41) is 8.50. The predicted octanol–water partition coefficient (Wildman–Crippen LogP) is 3.16. The molecular formula is C22H22FN3O3. The summed E-state index contributed by atoms with van der Waals surface area (Å²) in [6, 6.07) is 11.7. The zero-order valence-corrected chi connectivity index (χ0v) is 15.8. The largest absolute Gasteiger partial charge is 0.339 e. The molecule has 0 aliphatic carbocycles. The van der Waals surface area contributed by atoms with E-state index >= 15 is 0 Å². The van der Waals surface area contributed by atoms with Crippen molar-refractivity contribution < 1.29 is 19.2 Å². The van der Waals surface area contributed by atoms with Crippen LogP contribution in [0.2, 0.25) is 0 Å². The summed E-state index contributed by atoms with van der Waals surface area (Å²) in [5.41, 5.74) is 3.66. The molecule has 6 nitrogen and oxygen atoms in total. The molecule has 1 atom stereocenters. The van der Waals surface area contributed by atoms with Crippen molar-refractivity contribution in [3.05, 3.63) is 77.4 Å². The maximum atomic E-state index is 13.1. The summed E-state index contributed by atoms with van der Waals surface area (Å²) < 4.78 is 13.1. The Labute approximate surface area is 168 Å². The van der Waals surface area contributed by atoms with Crippen LogP contribution in [0.1, 0.15) is 35.7 Å². The van der Waals surface area contributed by atoms with Gasteiger partial charge in [0.05, 0.1) is 11.4 Å². The number of pyridine rings is 1. The van der Waals surface area contributed by atoms with E-state index in [9.17, 15) is 14.0 Å². The summed E-state index contributed by atoms with van der Waals surface area (Å²) in [6.07, 6.45) is 7.60. The van der Waals surface area contributed by atoms with Gasteiger partial charge in [0.1, 0.15) is 5.82 Å². The van der Waals surface area contributed by atoms with Crippen molar-refractivity contribution in [3.63, 3.8) is 0 Å². The number of piperidine rings is 1. The SMILES string of the molecule is O=C(C=Cc1cccc(C=CC(=O)N2CCCC(c3ccc(F)cc3)C2)n1)NO. The third kappa shape index (κ3) is 5.83. The van der Waals surface area contributed by atoms with Crippen molar-refractivity contribution in [2.45, 2.75) is 18.8 Å². The van der Waals surface area contributed by atoms with Gasteiger partial charge in [-0.2, -0.15) is 0 Å². The highest BCUT2D eigenvalue weighted by Gasteiger charge is 2.23. The van der Waals surface area contributed by atoms with Crippen LogP contribution in [0.15, 0.2) is 54.6 Å². The molecule has 1 fully saturated rings. The number of hydrogen-bond donors (Lipinski definition) is 2. The van der Waals surface area contributed by atoms with Crippen LogP contribution in [0.4, 0.5) is 4.39 Å². The highest BCUT2D eigenvalue weighted by Crippen LogP contribution is 2.27. The van der Waals surface area contributed by atoms with Crippen LogP contribution in [-0.2, 0) is 9.59 Å². The van der Waals surface area contributed by atoms with Crippen LogP contribution in [0, 0.1) is 5.82 Å². The topological polar surface area (TPSA) is 82.5 Å². The lowest BCUT2D eigenvalue weighted by molar-refractivity contribution is -0.127. The zero-order chi connectivity index (χ0) is 20.6. The van der Waals surface area contributed by atoms with E-state index in [1.165, 1.54) is 29.8 Å². The van der Waals surface area contributed by atoms with Crippen molar-refractivity contribution in [2.24, 2.45) is 0 Å². The standard InChI is InChI=1S/C22H22FN3O3/c23-18-8-6-16(7-9-18)17-3-2-14-26(15-17)22(28)13-11-20-5-1-4-19(24-20)10-12-21(27)25-29/h1,4-13,17,29H,2-3,14-15H2,(H,25,27). The number of benzene rings is 1. The summed E-state index contributed by atoms with van der Waals surface area (Å²) in [5.74, 6) is -0.809. The number of hydrogen-bond acceptors (Lipinski definition) is 4. The Morgan fingerprint density at radius 3 is 2.48 bits per heavy atom. The normalized spacial score (nSPS) is 17.0. The Morgan fingerprint density at radius 2 is 1.79 bits per heavy atom. The first-order valence-corrected chi connectivity index (χ1v) is 9.37. The highest BCUT2D eigenvalue weighted by atomic mass is 19.1. The minimum Gasteiger partial charge on any atom is -0.339 e. The number of hydroxylamine groups is 1. The van der Waals surface area contributed by atoms with Crippen LogP contribution in [0.5, 0.6) is 0 Å². The molecule has 2 heterocycles. The summed E-state index contributed by atoms with van der Waals surface area (Å²) >= 11 is 0. The monoisotopic (exact) mass is 395 g/mol. The van der Waals surface area contributed by atoms with Gasteiger partial charge in [0.15, 0.2) is 0 Å². The molecule has 7 heteroatoms. The molecule has 2 aromatic rings. The first-order chi connectivity index (χ1) is 14.0. The third-order valence-corrected chi connectivity index (χ3v) is 4.78. The number of nitrogens with zero attached hydrogens (tertiary/aromatic N) is 2. The molecule has 2 N–H and O–H groups in total. The van der Waals surface area contributed by atoms with E-state index in [0.717, 1.165) is 24.5 Å². The molecular weight excluding hydrogens is 373 g/mol. The quantitative estimate of drug-likeness (QED) is 0.463. The number of nitrogens with one attached hydrogen (secondary N) is 1. The maximum Gasteiger partial charge on any atom is 0.267 e. The number of aromatic nitrogens is 1. The lowest BCUT2D eigenvalue weighted by Crippen LogP contribution is -2.38. The minimum atomic E-state index is -0.649. The van der Waals surface area contributed by atoms with Crippen molar-refractivity contribution in [1.82, 2.24) is 15.4 Å².